The minimum absolute atomic E-state index is 0.0631. The molecular weight excluding hydrogens is 244 g/mol. The molecule has 2 rings (SSSR count). The highest BCUT2D eigenvalue weighted by Crippen LogP contribution is 2.29. The molecule has 0 radical (unpaired) electrons. The molecule has 1 unspecified atom stereocenters. The van der Waals surface area contributed by atoms with Crippen LogP contribution in [0.3, 0.4) is 0 Å². The Kier molecular flexibility index (Phi) is 4.02. The van der Waals surface area contributed by atoms with Crippen molar-refractivity contribution in [3.63, 3.8) is 0 Å². The van der Waals surface area contributed by atoms with Gasteiger partial charge in [0.15, 0.2) is 6.29 Å². The van der Waals surface area contributed by atoms with Gasteiger partial charge in [-0.05, 0) is 25.3 Å². The van der Waals surface area contributed by atoms with Gasteiger partial charge in [0.05, 0.1) is 0 Å². The van der Waals surface area contributed by atoms with Gasteiger partial charge in [0.2, 0.25) is 0 Å². The molecule has 0 fully saturated rings. The minimum Gasteiger partial charge on any atom is -0.506 e. The molecule has 0 amide bonds. The molecule has 0 saturated heterocycles. The van der Waals surface area contributed by atoms with E-state index in [1.165, 1.54) is 0 Å². The van der Waals surface area contributed by atoms with Crippen molar-refractivity contribution in [3.05, 3.63) is 42.0 Å². The van der Waals surface area contributed by atoms with E-state index in [4.69, 9.17) is 9.47 Å². The third-order valence-corrected chi connectivity index (χ3v) is 2.79. The third-order valence-electron chi connectivity index (χ3n) is 2.79. The number of carbonyl (C=O) groups is 1. The summed E-state index contributed by atoms with van der Waals surface area (Å²) >= 11 is 0. The minimum atomic E-state index is -0.636. The van der Waals surface area contributed by atoms with Crippen molar-refractivity contribution < 1.29 is 19.4 Å². The second kappa shape index (κ2) is 5.71. The first-order chi connectivity index (χ1) is 9.13. The molecule has 100 valence electrons. The van der Waals surface area contributed by atoms with Gasteiger partial charge >= 0.3 is 5.97 Å². The van der Waals surface area contributed by atoms with Gasteiger partial charge in [-0.3, -0.25) is 0 Å². The highest BCUT2D eigenvalue weighted by atomic mass is 16.7. The highest BCUT2D eigenvalue weighted by molar-refractivity contribution is 6.01. The van der Waals surface area contributed by atoms with E-state index in [1.54, 1.807) is 31.2 Å². The number of aromatic hydroxyl groups is 1. The molecule has 0 bridgehead atoms. The lowest BCUT2D eigenvalue weighted by Gasteiger charge is -2.14. The Morgan fingerprint density at radius 2 is 2.00 bits per heavy atom. The Morgan fingerprint density at radius 1 is 1.26 bits per heavy atom. The van der Waals surface area contributed by atoms with Crippen LogP contribution in [0.1, 0.15) is 24.2 Å². The molecule has 1 atom stereocenters. The zero-order chi connectivity index (χ0) is 13.8. The number of fused-ring (bicyclic) bond motifs is 1. The number of esters is 1. The van der Waals surface area contributed by atoms with Crippen LogP contribution in [0.2, 0.25) is 0 Å². The van der Waals surface area contributed by atoms with Crippen molar-refractivity contribution in [2.75, 3.05) is 6.61 Å². The predicted molar refractivity (Wildman–Crippen MR) is 72.1 cm³/mol. The molecule has 0 aliphatic heterocycles. The summed E-state index contributed by atoms with van der Waals surface area (Å²) in [6.07, 6.45) is -0.636. The summed E-state index contributed by atoms with van der Waals surface area (Å²) < 4.78 is 10.2. The molecule has 2 aromatic carbocycles. The van der Waals surface area contributed by atoms with E-state index in [2.05, 4.69) is 0 Å². The second-order valence-electron chi connectivity index (χ2n) is 4.11. The van der Waals surface area contributed by atoms with Crippen LogP contribution in [0, 0.1) is 0 Å². The molecule has 2 aromatic rings. The Bertz CT molecular complexity index is 592. The van der Waals surface area contributed by atoms with Crippen molar-refractivity contribution >= 4 is 16.7 Å². The number of ether oxygens (including phenoxy) is 2. The number of benzene rings is 2. The first-order valence-corrected chi connectivity index (χ1v) is 6.16. The van der Waals surface area contributed by atoms with Crippen LogP contribution in [0.5, 0.6) is 5.75 Å². The van der Waals surface area contributed by atoms with Crippen molar-refractivity contribution in [2.45, 2.75) is 20.1 Å². The monoisotopic (exact) mass is 260 g/mol. The largest absolute Gasteiger partial charge is 0.506 e. The molecule has 4 nitrogen and oxygen atoms in total. The predicted octanol–water partition coefficient (Wildman–Crippen LogP) is 3.08. The van der Waals surface area contributed by atoms with E-state index < -0.39 is 12.3 Å². The van der Waals surface area contributed by atoms with E-state index >= 15 is 0 Å². The molecule has 0 aromatic heterocycles. The standard InChI is InChI=1S/C15H16O4/c1-3-18-10(2)19-15(17)13-9-8-11-6-4-5-7-12(11)14(13)16/h4-10,16H,3H2,1-2H3. The number of hydrogen-bond donors (Lipinski definition) is 1. The van der Waals surface area contributed by atoms with E-state index in [-0.39, 0.29) is 11.3 Å². The fourth-order valence-corrected chi connectivity index (χ4v) is 1.90. The van der Waals surface area contributed by atoms with Crippen molar-refractivity contribution in [2.24, 2.45) is 0 Å². The first kappa shape index (κ1) is 13.4. The van der Waals surface area contributed by atoms with Gasteiger partial charge in [0, 0.05) is 12.0 Å². The average molecular weight is 260 g/mol. The quantitative estimate of drug-likeness (QED) is 0.678. The number of phenols is 1. The van der Waals surface area contributed by atoms with E-state index in [9.17, 15) is 9.90 Å². The zero-order valence-electron chi connectivity index (χ0n) is 10.9. The summed E-state index contributed by atoms with van der Waals surface area (Å²) in [6, 6.07) is 10.6. The van der Waals surface area contributed by atoms with Crippen molar-refractivity contribution in [1.82, 2.24) is 0 Å². The van der Waals surface area contributed by atoms with Gasteiger partial charge in [0.25, 0.3) is 0 Å². The summed E-state index contributed by atoms with van der Waals surface area (Å²) in [7, 11) is 0. The van der Waals surface area contributed by atoms with E-state index in [0.29, 0.717) is 12.0 Å². The third kappa shape index (κ3) is 2.85. The summed E-state index contributed by atoms with van der Waals surface area (Å²) in [4.78, 5) is 11.9. The van der Waals surface area contributed by atoms with Crippen LogP contribution in [0.4, 0.5) is 0 Å². The number of hydrogen-bond acceptors (Lipinski definition) is 4. The van der Waals surface area contributed by atoms with Crippen LogP contribution in [-0.4, -0.2) is 24.0 Å². The number of phenolic OH excluding ortho intramolecular Hbond substituents is 1. The smallest absolute Gasteiger partial charge is 0.344 e. The maximum Gasteiger partial charge on any atom is 0.344 e. The van der Waals surface area contributed by atoms with Gasteiger partial charge in [-0.25, -0.2) is 4.79 Å². The van der Waals surface area contributed by atoms with Crippen LogP contribution < -0.4 is 0 Å². The Morgan fingerprint density at radius 3 is 2.74 bits per heavy atom. The second-order valence-corrected chi connectivity index (χ2v) is 4.11. The van der Waals surface area contributed by atoms with Crippen LogP contribution >= 0.6 is 0 Å². The molecule has 0 spiro atoms. The summed E-state index contributed by atoms with van der Waals surface area (Å²) in [5.41, 5.74) is 0.144. The fourth-order valence-electron chi connectivity index (χ4n) is 1.90. The Labute approximate surface area is 111 Å². The maximum absolute atomic E-state index is 11.9. The van der Waals surface area contributed by atoms with Crippen molar-refractivity contribution in [3.8, 4) is 5.75 Å². The zero-order valence-corrected chi connectivity index (χ0v) is 10.9. The SMILES string of the molecule is CCOC(C)OC(=O)c1ccc2ccccc2c1O. The molecular formula is C15H16O4. The summed E-state index contributed by atoms with van der Waals surface area (Å²) in [6.45, 7) is 3.91. The first-order valence-electron chi connectivity index (χ1n) is 6.16. The molecule has 19 heavy (non-hydrogen) atoms. The molecule has 4 heteroatoms. The van der Waals surface area contributed by atoms with Gasteiger partial charge in [0.1, 0.15) is 11.3 Å². The normalized spacial score (nSPS) is 12.3. The van der Waals surface area contributed by atoms with Crippen LogP contribution in [0.25, 0.3) is 10.8 Å². The molecule has 0 aliphatic rings. The van der Waals surface area contributed by atoms with Crippen LogP contribution in [-0.2, 0) is 9.47 Å². The van der Waals surface area contributed by atoms with Gasteiger partial charge in [-0.2, -0.15) is 0 Å². The van der Waals surface area contributed by atoms with Crippen molar-refractivity contribution in [1.29, 1.82) is 0 Å². The topological polar surface area (TPSA) is 55.8 Å². The fraction of sp³-hybridized carbons (Fsp3) is 0.267. The maximum atomic E-state index is 11.9. The highest BCUT2D eigenvalue weighted by Gasteiger charge is 2.17. The molecule has 0 aliphatic carbocycles. The van der Waals surface area contributed by atoms with E-state index in [1.807, 2.05) is 19.1 Å². The molecule has 1 N–H and O–H groups in total. The number of carbonyl (C=O) groups excluding carboxylic acids is 1. The molecule has 0 saturated carbocycles. The van der Waals surface area contributed by atoms with Gasteiger partial charge in [-0.1, -0.05) is 30.3 Å². The van der Waals surface area contributed by atoms with Gasteiger partial charge in [-0.15, -0.1) is 0 Å². The number of rotatable bonds is 4. The lowest BCUT2D eigenvalue weighted by Crippen LogP contribution is -2.18. The lowest BCUT2D eigenvalue weighted by atomic mass is 10.1. The average Bonchev–Trinajstić information content (AvgIpc) is 2.39. The molecule has 0 heterocycles. The summed E-state index contributed by atoms with van der Waals surface area (Å²) in [5.74, 6) is -0.656. The lowest BCUT2D eigenvalue weighted by molar-refractivity contribution is -0.0941. The van der Waals surface area contributed by atoms with Crippen LogP contribution in [0.15, 0.2) is 36.4 Å². The summed E-state index contributed by atoms with van der Waals surface area (Å²) in [5, 5.41) is 11.6. The van der Waals surface area contributed by atoms with E-state index in [0.717, 1.165) is 5.39 Å². The Hall–Kier alpha value is -2.07. The van der Waals surface area contributed by atoms with Gasteiger partial charge < -0.3 is 14.6 Å². The Balaban J connectivity index is 2.30.